The third-order valence-corrected chi connectivity index (χ3v) is 2.17. The molecule has 2 rings (SSSR count). The molecular weight excluding hydrogens is 188 g/mol. The fourth-order valence-corrected chi connectivity index (χ4v) is 1.35. The number of H-pyrrole nitrogens is 1. The van der Waals surface area contributed by atoms with Gasteiger partial charge in [-0.3, -0.25) is 5.32 Å². The second-order valence-electron chi connectivity index (χ2n) is 3.26. The lowest BCUT2D eigenvalue weighted by molar-refractivity contribution is -0.361. The number of aromatic nitrogens is 1. The lowest BCUT2D eigenvalue weighted by Gasteiger charge is -2.01. The number of anilines is 1. The molecule has 0 aliphatic carbocycles. The van der Waals surface area contributed by atoms with Crippen molar-refractivity contribution in [2.45, 2.75) is 6.54 Å². The Labute approximate surface area is 88.4 Å². The summed E-state index contributed by atoms with van der Waals surface area (Å²) in [5.41, 5.74) is 0.884. The summed E-state index contributed by atoms with van der Waals surface area (Å²) in [6.07, 6.45) is 1.85. The van der Waals surface area contributed by atoms with Crippen LogP contribution in [0.25, 0.3) is 0 Å². The standard InChI is InChI=1S/C12H12N2O/c15-11-6-2-1-5-10(11)9-14-12-7-3-4-8-13-12/h1-8,15H,9H2,(H,13,14)/p+1. The molecule has 1 aromatic carbocycles. The van der Waals surface area contributed by atoms with Gasteiger partial charge in [-0.25, -0.2) is 4.98 Å². The molecule has 0 atom stereocenters. The highest BCUT2D eigenvalue weighted by Crippen LogP contribution is 2.16. The van der Waals surface area contributed by atoms with Crippen molar-refractivity contribution in [1.82, 2.24) is 0 Å². The highest BCUT2D eigenvalue weighted by Gasteiger charge is 2.03. The van der Waals surface area contributed by atoms with Gasteiger partial charge in [-0.05, 0) is 12.1 Å². The number of hydrogen-bond donors (Lipinski definition) is 2. The Morgan fingerprint density at radius 3 is 2.60 bits per heavy atom. The second kappa shape index (κ2) is 4.46. The first-order valence-electron chi connectivity index (χ1n) is 4.84. The molecule has 0 fully saturated rings. The van der Waals surface area contributed by atoms with Crippen molar-refractivity contribution in [3.63, 3.8) is 0 Å². The van der Waals surface area contributed by atoms with Crippen molar-refractivity contribution in [1.29, 1.82) is 0 Å². The molecule has 0 aliphatic rings. The van der Waals surface area contributed by atoms with E-state index < -0.39 is 0 Å². The number of hydrogen-bond acceptors (Lipinski definition) is 2. The van der Waals surface area contributed by atoms with Crippen LogP contribution in [0.4, 0.5) is 5.82 Å². The van der Waals surface area contributed by atoms with Gasteiger partial charge < -0.3 is 5.11 Å². The van der Waals surface area contributed by atoms with Gasteiger partial charge in [0.25, 0.3) is 5.82 Å². The lowest BCUT2D eigenvalue weighted by Crippen LogP contribution is -2.11. The number of aromatic amines is 1. The smallest absolute Gasteiger partial charge is 0.272 e. The van der Waals surface area contributed by atoms with Crippen molar-refractivity contribution in [3.05, 3.63) is 54.2 Å². The van der Waals surface area contributed by atoms with Crippen LogP contribution >= 0.6 is 0 Å². The number of nitrogens with one attached hydrogen (secondary N) is 2. The van der Waals surface area contributed by atoms with E-state index in [1.54, 1.807) is 6.07 Å². The summed E-state index contributed by atoms with van der Waals surface area (Å²) in [6.45, 7) is 0.604. The van der Waals surface area contributed by atoms with Gasteiger partial charge in [-0.2, -0.15) is 0 Å². The first-order chi connectivity index (χ1) is 7.36. The Bertz CT molecular complexity index is 429. The Hall–Kier alpha value is -2.03. The molecule has 3 N–H and O–H groups in total. The summed E-state index contributed by atoms with van der Waals surface area (Å²) in [5, 5.41) is 12.7. The summed E-state index contributed by atoms with van der Waals surface area (Å²) in [5.74, 6) is 1.25. The fourth-order valence-electron chi connectivity index (χ4n) is 1.35. The highest BCUT2D eigenvalue weighted by molar-refractivity contribution is 5.36. The van der Waals surface area contributed by atoms with Gasteiger partial charge in [0.15, 0.2) is 0 Å². The monoisotopic (exact) mass is 201 g/mol. The molecule has 0 saturated heterocycles. The predicted octanol–water partition coefficient (Wildman–Crippen LogP) is 1.82. The van der Waals surface area contributed by atoms with Crippen LogP contribution in [0.2, 0.25) is 0 Å². The van der Waals surface area contributed by atoms with Crippen LogP contribution < -0.4 is 10.3 Å². The van der Waals surface area contributed by atoms with E-state index in [0.29, 0.717) is 12.3 Å². The number of benzene rings is 1. The molecule has 0 unspecified atom stereocenters. The van der Waals surface area contributed by atoms with Crippen LogP contribution in [0.1, 0.15) is 5.56 Å². The van der Waals surface area contributed by atoms with E-state index in [0.717, 1.165) is 11.4 Å². The molecule has 3 nitrogen and oxygen atoms in total. The molecule has 0 bridgehead atoms. The molecule has 3 heteroatoms. The van der Waals surface area contributed by atoms with E-state index in [1.165, 1.54) is 0 Å². The zero-order chi connectivity index (χ0) is 10.5. The van der Waals surface area contributed by atoms with E-state index in [4.69, 9.17) is 0 Å². The molecule has 0 saturated carbocycles. The van der Waals surface area contributed by atoms with Crippen molar-refractivity contribution in [2.75, 3.05) is 5.32 Å². The summed E-state index contributed by atoms with van der Waals surface area (Å²) in [6, 6.07) is 13.1. The molecule has 0 amide bonds. The molecule has 15 heavy (non-hydrogen) atoms. The number of aromatic hydroxyl groups is 1. The minimum absolute atomic E-state index is 0.320. The third-order valence-electron chi connectivity index (χ3n) is 2.17. The largest absolute Gasteiger partial charge is 0.508 e. The number of para-hydroxylation sites is 1. The minimum Gasteiger partial charge on any atom is -0.508 e. The van der Waals surface area contributed by atoms with E-state index >= 15 is 0 Å². The van der Waals surface area contributed by atoms with Crippen molar-refractivity contribution >= 4 is 5.82 Å². The van der Waals surface area contributed by atoms with Gasteiger partial charge in [0.05, 0.1) is 6.20 Å². The topological polar surface area (TPSA) is 46.4 Å². The van der Waals surface area contributed by atoms with Crippen molar-refractivity contribution in [2.24, 2.45) is 0 Å². The summed E-state index contributed by atoms with van der Waals surface area (Å²) in [7, 11) is 0. The molecule has 0 aliphatic heterocycles. The maximum Gasteiger partial charge on any atom is 0.272 e. The second-order valence-corrected chi connectivity index (χ2v) is 3.26. The molecular formula is C12H13N2O+. The average Bonchev–Trinajstić information content (AvgIpc) is 2.29. The van der Waals surface area contributed by atoms with E-state index in [2.05, 4.69) is 10.3 Å². The van der Waals surface area contributed by atoms with Crippen LogP contribution in [0.15, 0.2) is 48.7 Å². The third kappa shape index (κ3) is 2.47. The van der Waals surface area contributed by atoms with Crippen LogP contribution in [-0.4, -0.2) is 5.11 Å². The lowest BCUT2D eigenvalue weighted by atomic mass is 10.2. The van der Waals surface area contributed by atoms with Crippen LogP contribution in [0.5, 0.6) is 5.75 Å². The SMILES string of the molecule is Oc1ccccc1CNc1cccc[nH+]1. The minimum atomic E-state index is 0.320. The predicted molar refractivity (Wildman–Crippen MR) is 58.4 cm³/mol. The quantitative estimate of drug-likeness (QED) is 0.795. The van der Waals surface area contributed by atoms with E-state index in [-0.39, 0.29) is 0 Å². The van der Waals surface area contributed by atoms with Gasteiger partial charge >= 0.3 is 0 Å². The maximum absolute atomic E-state index is 9.54. The van der Waals surface area contributed by atoms with Crippen molar-refractivity contribution in [3.8, 4) is 5.75 Å². The Kier molecular flexibility index (Phi) is 2.83. The summed E-state index contributed by atoms with van der Waals surface area (Å²) < 4.78 is 0. The summed E-state index contributed by atoms with van der Waals surface area (Å²) >= 11 is 0. The number of phenols is 1. The Balaban J connectivity index is 2.03. The fraction of sp³-hybridized carbons (Fsp3) is 0.0833. The highest BCUT2D eigenvalue weighted by atomic mass is 16.3. The van der Waals surface area contributed by atoms with Crippen LogP contribution in [-0.2, 0) is 6.54 Å². The molecule has 2 aromatic rings. The molecule has 1 aromatic heterocycles. The zero-order valence-corrected chi connectivity index (χ0v) is 8.27. The number of pyridine rings is 1. The molecule has 76 valence electrons. The Morgan fingerprint density at radius 1 is 1.07 bits per heavy atom. The van der Waals surface area contributed by atoms with Crippen molar-refractivity contribution < 1.29 is 10.1 Å². The first-order valence-corrected chi connectivity index (χ1v) is 4.84. The molecule has 0 radical (unpaired) electrons. The van der Waals surface area contributed by atoms with Crippen LogP contribution in [0.3, 0.4) is 0 Å². The van der Waals surface area contributed by atoms with Gasteiger partial charge in [-0.1, -0.05) is 24.3 Å². The van der Waals surface area contributed by atoms with Gasteiger partial charge in [0.2, 0.25) is 0 Å². The van der Waals surface area contributed by atoms with Crippen LogP contribution in [0, 0.1) is 0 Å². The summed E-state index contributed by atoms with van der Waals surface area (Å²) in [4.78, 5) is 3.07. The number of phenolic OH excluding ortho intramolecular Hbond substituents is 1. The van der Waals surface area contributed by atoms with Gasteiger partial charge in [0, 0.05) is 11.6 Å². The molecule has 1 heterocycles. The molecule has 0 spiro atoms. The normalized spacial score (nSPS) is 9.87. The van der Waals surface area contributed by atoms with E-state index in [9.17, 15) is 5.11 Å². The van der Waals surface area contributed by atoms with Gasteiger partial charge in [0.1, 0.15) is 12.3 Å². The first kappa shape index (κ1) is 9.52. The van der Waals surface area contributed by atoms with Gasteiger partial charge in [-0.15, -0.1) is 0 Å². The number of rotatable bonds is 3. The maximum atomic E-state index is 9.54. The Morgan fingerprint density at radius 2 is 1.87 bits per heavy atom. The zero-order valence-electron chi connectivity index (χ0n) is 8.27. The average molecular weight is 201 g/mol. The van der Waals surface area contributed by atoms with E-state index in [1.807, 2.05) is 42.6 Å².